The Morgan fingerprint density at radius 3 is 2.50 bits per heavy atom. The van der Waals surface area contributed by atoms with Crippen LogP contribution < -0.4 is 20.3 Å². The Morgan fingerprint density at radius 2 is 1.85 bits per heavy atom. The summed E-state index contributed by atoms with van der Waals surface area (Å²) in [5.74, 6) is 0.256. The van der Waals surface area contributed by atoms with Gasteiger partial charge in [-0.25, -0.2) is 9.59 Å². The zero-order valence-electron chi connectivity index (χ0n) is 19.3. The molecule has 0 bridgehead atoms. The summed E-state index contributed by atoms with van der Waals surface area (Å²) in [4.78, 5) is 29.8. The van der Waals surface area contributed by atoms with Gasteiger partial charge < -0.3 is 25.0 Å². The molecule has 2 aliphatic rings. The van der Waals surface area contributed by atoms with E-state index in [1.54, 1.807) is 0 Å². The quantitative estimate of drug-likeness (QED) is 0.586. The number of esters is 1. The molecule has 1 atom stereocenters. The van der Waals surface area contributed by atoms with Crippen molar-refractivity contribution < 1.29 is 19.1 Å². The fourth-order valence-corrected chi connectivity index (χ4v) is 4.51. The van der Waals surface area contributed by atoms with Crippen LogP contribution in [-0.2, 0) is 9.53 Å². The molecule has 2 aromatic carbocycles. The number of urea groups is 1. The average Bonchev–Trinajstić information content (AvgIpc) is 2.84. The van der Waals surface area contributed by atoms with Crippen LogP contribution in [0.4, 0.5) is 10.5 Å². The van der Waals surface area contributed by atoms with E-state index in [1.807, 2.05) is 55.5 Å². The lowest BCUT2D eigenvalue weighted by Crippen LogP contribution is -2.51. The summed E-state index contributed by atoms with van der Waals surface area (Å²) >= 11 is 6.14. The van der Waals surface area contributed by atoms with Crippen molar-refractivity contribution in [3.05, 3.63) is 70.4 Å². The maximum atomic E-state index is 12.8. The van der Waals surface area contributed by atoms with Crippen LogP contribution in [0.15, 0.2) is 59.8 Å². The first kappa shape index (κ1) is 23.9. The van der Waals surface area contributed by atoms with Crippen molar-refractivity contribution in [1.82, 2.24) is 15.5 Å². The van der Waals surface area contributed by atoms with Crippen LogP contribution in [0.3, 0.4) is 0 Å². The van der Waals surface area contributed by atoms with Crippen molar-refractivity contribution in [2.24, 2.45) is 0 Å². The maximum absolute atomic E-state index is 12.8. The number of halogens is 1. The molecule has 0 unspecified atom stereocenters. The standard InChI is InChI=1S/C25H29ClN4O4/c1-3-34-20-9-7-17(8-10-20)23-22(24(31)33-2)21(27-25(32)28-23)16-29-11-13-30(14-12-29)19-6-4-5-18(26)15-19/h4-10,15,23H,3,11-14,16H2,1-2H3,(H2,27,28,32)/t23-/m1/s1. The molecule has 4 rings (SSSR count). The lowest BCUT2D eigenvalue weighted by molar-refractivity contribution is -0.136. The Hall–Kier alpha value is -3.23. The molecule has 1 fully saturated rings. The number of amides is 2. The van der Waals surface area contributed by atoms with Gasteiger partial charge in [0.05, 0.1) is 25.3 Å². The van der Waals surface area contributed by atoms with Crippen LogP contribution in [0, 0.1) is 0 Å². The van der Waals surface area contributed by atoms with Gasteiger partial charge in [0.2, 0.25) is 0 Å². The number of anilines is 1. The third-order valence-electron chi connectivity index (χ3n) is 6.01. The summed E-state index contributed by atoms with van der Waals surface area (Å²) in [6, 6.07) is 14.2. The minimum atomic E-state index is -0.611. The molecule has 2 N–H and O–H groups in total. The Labute approximate surface area is 204 Å². The molecular weight excluding hydrogens is 456 g/mol. The number of carbonyl (C=O) groups is 2. The first-order valence-electron chi connectivity index (χ1n) is 11.3. The molecule has 2 aromatic rings. The smallest absolute Gasteiger partial charge is 0.338 e. The third-order valence-corrected chi connectivity index (χ3v) is 6.25. The van der Waals surface area contributed by atoms with Gasteiger partial charge in [0, 0.05) is 49.1 Å². The first-order valence-corrected chi connectivity index (χ1v) is 11.7. The van der Waals surface area contributed by atoms with Crippen molar-refractivity contribution in [3.63, 3.8) is 0 Å². The van der Waals surface area contributed by atoms with Crippen molar-refractivity contribution in [2.45, 2.75) is 13.0 Å². The third kappa shape index (κ3) is 5.46. The summed E-state index contributed by atoms with van der Waals surface area (Å²) in [5, 5.41) is 6.42. The van der Waals surface area contributed by atoms with Crippen molar-refractivity contribution in [2.75, 3.05) is 51.3 Å². The zero-order chi connectivity index (χ0) is 24.1. The summed E-state index contributed by atoms with van der Waals surface area (Å²) in [5.41, 5.74) is 2.84. The molecule has 8 nitrogen and oxygen atoms in total. The molecule has 2 aliphatic heterocycles. The van der Waals surface area contributed by atoms with Crippen LogP contribution in [0.5, 0.6) is 5.75 Å². The molecule has 0 aliphatic carbocycles. The van der Waals surface area contributed by atoms with E-state index in [2.05, 4.69) is 20.4 Å². The molecule has 9 heteroatoms. The van der Waals surface area contributed by atoms with Gasteiger partial charge in [-0.1, -0.05) is 29.8 Å². The van der Waals surface area contributed by atoms with E-state index in [1.165, 1.54) is 7.11 Å². The minimum Gasteiger partial charge on any atom is -0.494 e. The number of methoxy groups -OCH3 is 1. The molecule has 2 heterocycles. The maximum Gasteiger partial charge on any atom is 0.338 e. The van der Waals surface area contributed by atoms with E-state index in [4.69, 9.17) is 21.1 Å². The molecule has 0 radical (unpaired) electrons. The predicted molar refractivity (Wildman–Crippen MR) is 131 cm³/mol. The van der Waals surface area contributed by atoms with E-state index in [9.17, 15) is 9.59 Å². The van der Waals surface area contributed by atoms with E-state index < -0.39 is 12.0 Å². The molecule has 0 saturated carbocycles. The number of hydrogen-bond donors (Lipinski definition) is 2. The van der Waals surface area contributed by atoms with E-state index in [0.717, 1.165) is 43.2 Å². The first-order chi connectivity index (χ1) is 16.5. The highest BCUT2D eigenvalue weighted by Gasteiger charge is 2.34. The second kappa shape index (κ2) is 10.8. The fraction of sp³-hybridized carbons (Fsp3) is 0.360. The van der Waals surface area contributed by atoms with E-state index >= 15 is 0 Å². The lowest BCUT2D eigenvalue weighted by Gasteiger charge is -2.38. The van der Waals surface area contributed by atoms with Gasteiger partial charge in [0.25, 0.3) is 0 Å². The van der Waals surface area contributed by atoms with Gasteiger partial charge in [-0.15, -0.1) is 0 Å². The number of benzene rings is 2. The Morgan fingerprint density at radius 1 is 1.12 bits per heavy atom. The summed E-state index contributed by atoms with van der Waals surface area (Å²) in [7, 11) is 1.35. The normalized spacial score (nSPS) is 18.9. The largest absolute Gasteiger partial charge is 0.494 e. The number of hydrogen-bond acceptors (Lipinski definition) is 6. The van der Waals surface area contributed by atoms with Crippen molar-refractivity contribution >= 4 is 29.3 Å². The second-order valence-corrected chi connectivity index (χ2v) is 8.60. The Kier molecular flexibility index (Phi) is 7.59. The number of nitrogens with one attached hydrogen (secondary N) is 2. The van der Waals surface area contributed by atoms with Crippen LogP contribution in [-0.4, -0.2) is 63.3 Å². The molecule has 180 valence electrons. The highest BCUT2D eigenvalue weighted by atomic mass is 35.5. The van der Waals surface area contributed by atoms with Gasteiger partial charge in [0.15, 0.2) is 0 Å². The van der Waals surface area contributed by atoms with Crippen LogP contribution in [0.2, 0.25) is 5.02 Å². The molecule has 0 spiro atoms. The lowest BCUT2D eigenvalue weighted by atomic mass is 9.95. The topological polar surface area (TPSA) is 83.1 Å². The van der Waals surface area contributed by atoms with E-state index in [0.29, 0.717) is 29.4 Å². The Balaban J connectivity index is 1.53. The van der Waals surface area contributed by atoms with Crippen molar-refractivity contribution in [3.8, 4) is 5.75 Å². The molecule has 1 saturated heterocycles. The summed E-state index contributed by atoms with van der Waals surface area (Å²) in [6.07, 6.45) is 0. The number of nitrogens with zero attached hydrogens (tertiary/aromatic N) is 2. The zero-order valence-corrected chi connectivity index (χ0v) is 20.1. The minimum absolute atomic E-state index is 0.348. The van der Waals surface area contributed by atoms with Gasteiger partial charge in [-0.3, -0.25) is 4.90 Å². The predicted octanol–water partition coefficient (Wildman–Crippen LogP) is 3.34. The number of rotatable bonds is 7. The highest BCUT2D eigenvalue weighted by molar-refractivity contribution is 6.30. The average molecular weight is 485 g/mol. The summed E-state index contributed by atoms with van der Waals surface area (Å²) < 4.78 is 10.6. The number of ether oxygens (including phenoxy) is 2. The van der Waals surface area contributed by atoms with Gasteiger partial charge in [-0.05, 0) is 42.8 Å². The summed E-state index contributed by atoms with van der Waals surface area (Å²) in [6.45, 7) is 6.11. The van der Waals surface area contributed by atoms with Crippen LogP contribution >= 0.6 is 11.6 Å². The Bertz CT molecular complexity index is 1060. The molecule has 2 amide bonds. The van der Waals surface area contributed by atoms with E-state index in [-0.39, 0.29) is 6.03 Å². The van der Waals surface area contributed by atoms with Gasteiger partial charge in [0.1, 0.15) is 5.75 Å². The van der Waals surface area contributed by atoms with Gasteiger partial charge >= 0.3 is 12.0 Å². The molecular formula is C25H29ClN4O4. The number of carbonyl (C=O) groups excluding carboxylic acids is 2. The second-order valence-electron chi connectivity index (χ2n) is 8.16. The molecule has 0 aromatic heterocycles. The highest BCUT2D eigenvalue weighted by Crippen LogP contribution is 2.30. The monoisotopic (exact) mass is 484 g/mol. The SMILES string of the molecule is CCOc1ccc([C@H]2NC(=O)NC(CN3CCN(c4cccc(Cl)c4)CC3)=C2C(=O)OC)cc1. The molecule has 34 heavy (non-hydrogen) atoms. The fourth-order valence-electron chi connectivity index (χ4n) is 4.33. The van der Waals surface area contributed by atoms with Crippen LogP contribution in [0.1, 0.15) is 18.5 Å². The number of piperazine rings is 1. The van der Waals surface area contributed by atoms with Crippen molar-refractivity contribution in [1.29, 1.82) is 0 Å². The van der Waals surface area contributed by atoms with Gasteiger partial charge in [-0.2, -0.15) is 0 Å². The van der Waals surface area contributed by atoms with Crippen LogP contribution in [0.25, 0.3) is 0 Å².